The monoisotopic (exact) mass is 229 g/mol. The van der Waals surface area contributed by atoms with Gasteiger partial charge < -0.3 is 4.52 Å². The van der Waals surface area contributed by atoms with Gasteiger partial charge >= 0.3 is 0 Å². The Balaban J connectivity index is 2.08. The van der Waals surface area contributed by atoms with Crippen LogP contribution in [0.5, 0.6) is 0 Å². The molecule has 2 rings (SSSR count). The fourth-order valence-corrected chi connectivity index (χ4v) is 1.27. The molecule has 0 fully saturated rings. The van der Waals surface area contributed by atoms with Crippen molar-refractivity contribution in [2.45, 2.75) is 26.2 Å². The molecule has 0 spiro atoms. The maximum atomic E-state index is 8.42. The van der Waals surface area contributed by atoms with E-state index in [0.717, 1.165) is 5.56 Å². The number of aromatic nitrogens is 4. The first-order valence-corrected chi connectivity index (χ1v) is 5.28. The number of nitrogens with zero attached hydrogens (tertiary/aromatic N) is 5. The fraction of sp³-hybridized carbons (Fsp3) is 0.364. The van der Waals surface area contributed by atoms with Crippen molar-refractivity contribution in [1.29, 1.82) is 5.26 Å². The summed E-state index contributed by atoms with van der Waals surface area (Å²) in [5.41, 5.74) is 0.978. The summed E-state index contributed by atoms with van der Waals surface area (Å²) in [5, 5.41) is 12.2. The molecular formula is C11H11N5O. The predicted octanol–water partition coefficient (Wildman–Crippen LogP) is 1.68. The van der Waals surface area contributed by atoms with Crippen LogP contribution in [0.25, 0.3) is 11.6 Å². The largest absolute Gasteiger partial charge is 0.339 e. The van der Waals surface area contributed by atoms with Crippen LogP contribution in [0, 0.1) is 18.3 Å². The fourth-order valence-electron chi connectivity index (χ4n) is 1.27. The Morgan fingerprint density at radius 2 is 2.06 bits per heavy atom. The van der Waals surface area contributed by atoms with Gasteiger partial charge in [-0.25, -0.2) is 9.97 Å². The number of hydrogen-bond acceptors (Lipinski definition) is 6. The summed E-state index contributed by atoms with van der Waals surface area (Å²) in [6.45, 7) is 1.91. The van der Waals surface area contributed by atoms with E-state index in [1.54, 1.807) is 12.4 Å². The molecule has 0 amide bonds. The van der Waals surface area contributed by atoms with Gasteiger partial charge in [-0.1, -0.05) is 5.16 Å². The van der Waals surface area contributed by atoms with E-state index >= 15 is 0 Å². The minimum atomic E-state index is 0.386. The van der Waals surface area contributed by atoms with Gasteiger partial charge in [0.05, 0.1) is 6.07 Å². The first-order chi connectivity index (χ1) is 8.29. The highest BCUT2D eigenvalue weighted by molar-refractivity contribution is 5.40. The highest BCUT2D eigenvalue weighted by Gasteiger charge is 2.10. The first kappa shape index (κ1) is 11.2. The minimum absolute atomic E-state index is 0.386. The Hall–Kier alpha value is -2.29. The molecule has 6 heteroatoms. The lowest BCUT2D eigenvalue weighted by molar-refractivity contribution is 0.376. The van der Waals surface area contributed by atoms with E-state index in [1.807, 2.05) is 6.92 Å². The van der Waals surface area contributed by atoms with E-state index in [9.17, 15) is 0 Å². The van der Waals surface area contributed by atoms with Crippen molar-refractivity contribution in [3.63, 3.8) is 0 Å². The second-order valence-corrected chi connectivity index (χ2v) is 3.61. The van der Waals surface area contributed by atoms with Gasteiger partial charge in [-0.05, 0) is 18.9 Å². The molecule has 2 aromatic rings. The molecule has 6 nitrogen and oxygen atoms in total. The molecule has 0 atom stereocenters. The highest BCUT2D eigenvalue weighted by atomic mass is 16.5. The summed E-state index contributed by atoms with van der Waals surface area (Å²) in [5.74, 6) is 1.35. The van der Waals surface area contributed by atoms with Crippen molar-refractivity contribution in [2.75, 3.05) is 0 Å². The van der Waals surface area contributed by atoms with Crippen LogP contribution in [0.4, 0.5) is 0 Å². The first-order valence-electron chi connectivity index (χ1n) is 5.28. The number of hydrogen-bond donors (Lipinski definition) is 0. The lowest BCUT2D eigenvalue weighted by atomic mass is 10.2. The smallest absolute Gasteiger partial charge is 0.240 e. The Morgan fingerprint density at radius 1 is 1.29 bits per heavy atom. The molecule has 0 saturated heterocycles. The highest BCUT2D eigenvalue weighted by Crippen LogP contribution is 2.11. The molecule has 0 aliphatic heterocycles. The third kappa shape index (κ3) is 2.84. The van der Waals surface area contributed by atoms with Crippen LogP contribution in [0.1, 0.15) is 24.3 Å². The average Bonchev–Trinajstić information content (AvgIpc) is 2.79. The molecule has 0 radical (unpaired) electrons. The number of rotatable bonds is 4. The maximum Gasteiger partial charge on any atom is 0.240 e. The normalized spacial score (nSPS) is 10.1. The van der Waals surface area contributed by atoms with Crippen LogP contribution in [-0.2, 0) is 6.42 Å². The van der Waals surface area contributed by atoms with Crippen LogP contribution in [-0.4, -0.2) is 20.1 Å². The third-order valence-electron chi connectivity index (χ3n) is 2.13. The zero-order valence-corrected chi connectivity index (χ0v) is 9.42. The number of aryl methyl sites for hydroxylation is 2. The van der Waals surface area contributed by atoms with E-state index in [1.165, 1.54) is 0 Å². The van der Waals surface area contributed by atoms with Crippen molar-refractivity contribution in [1.82, 2.24) is 20.1 Å². The summed E-state index contributed by atoms with van der Waals surface area (Å²) in [7, 11) is 0. The van der Waals surface area contributed by atoms with E-state index in [-0.39, 0.29) is 0 Å². The van der Waals surface area contributed by atoms with Crippen molar-refractivity contribution >= 4 is 0 Å². The van der Waals surface area contributed by atoms with Crippen molar-refractivity contribution in [3.05, 3.63) is 23.8 Å². The maximum absolute atomic E-state index is 8.42. The van der Waals surface area contributed by atoms with Gasteiger partial charge in [0.1, 0.15) is 0 Å². The van der Waals surface area contributed by atoms with Gasteiger partial charge in [0.25, 0.3) is 0 Å². The molecule has 0 aliphatic carbocycles. The zero-order chi connectivity index (χ0) is 12.1. The molecule has 17 heavy (non-hydrogen) atoms. The van der Waals surface area contributed by atoms with Crippen LogP contribution in [0.3, 0.4) is 0 Å². The number of nitriles is 1. The lowest BCUT2D eigenvalue weighted by Crippen LogP contribution is -1.91. The molecule has 0 aliphatic rings. The second kappa shape index (κ2) is 5.16. The molecular weight excluding hydrogens is 218 g/mol. The van der Waals surface area contributed by atoms with Crippen LogP contribution in [0.15, 0.2) is 16.9 Å². The summed E-state index contributed by atoms with van der Waals surface area (Å²) >= 11 is 0. The predicted molar refractivity (Wildman–Crippen MR) is 58.6 cm³/mol. The SMILES string of the molecule is Cc1cnc(-c2noc(CCCC#N)n2)nc1. The quantitative estimate of drug-likeness (QED) is 0.741. The van der Waals surface area contributed by atoms with Crippen molar-refractivity contribution in [3.8, 4) is 17.7 Å². The molecule has 0 saturated carbocycles. The topological polar surface area (TPSA) is 88.5 Å². The Kier molecular flexibility index (Phi) is 3.40. The molecule has 0 unspecified atom stereocenters. The van der Waals surface area contributed by atoms with E-state index in [2.05, 4.69) is 26.2 Å². The standard InChI is InChI=1S/C11H11N5O/c1-8-6-13-10(14-7-8)11-15-9(17-16-11)4-2-3-5-12/h6-7H,2-4H2,1H3. The summed E-state index contributed by atoms with van der Waals surface area (Å²) in [4.78, 5) is 12.4. The molecule has 0 aromatic carbocycles. The van der Waals surface area contributed by atoms with E-state index in [4.69, 9.17) is 9.78 Å². The van der Waals surface area contributed by atoms with Gasteiger partial charge in [0.15, 0.2) is 0 Å². The lowest BCUT2D eigenvalue weighted by Gasteiger charge is -1.92. The van der Waals surface area contributed by atoms with Gasteiger partial charge in [0, 0.05) is 25.2 Å². The molecule has 2 aromatic heterocycles. The summed E-state index contributed by atoms with van der Waals surface area (Å²) in [6, 6.07) is 2.07. The summed E-state index contributed by atoms with van der Waals surface area (Å²) in [6.07, 6.45) is 5.21. The average molecular weight is 229 g/mol. The van der Waals surface area contributed by atoms with Crippen LogP contribution < -0.4 is 0 Å². The van der Waals surface area contributed by atoms with Crippen molar-refractivity contribution in [2.24, 2.45) is 0 Å². The Labute approximate surface area is 98.3 Å². The third-order valence-corrected chi connectivity index (χ3v) is 2.13. The van der Waals surface area contributed by atoms with Crippen LogP contribution in [0.2, 0.25) is 0 Å². The minimum Gasteiger partial charge on any atom is -0.339 e. The second-order valence-electron chi connectivity index (χ2n) is 3.61. The summed E-state index contributed by atoms with van der Waals surface area (Å²) < 4.78 is 5.05. The molecule has 0 N–H and O–H groups in total. The number of unbranched alkanes of at least 4 members (excludes halogenated alkanes) is 1. The van der Waals surface area contributed by atoms with Gasteiger partial charge in [-0.3, -0.25) is 0 Å². The molecule has 86 valence electrons. The van der Waals surface area contributed by atoms with E-state index in [0.29, 0.717) is 36.8 Å². The van der Waals surface area contributed by atoms with Gasteiger partial charge in [-0.15, -0.1) is 0 Å². The van der Waals surface area contributed by atoms with Gasteiger partial charge in [0.2, 0.25) is 17.5 Å². The van der Waals surface area contributed by atoms with Crippen molar-refractivity contribution < 1.29 is 4.52 Å². The molecule has 2 heterocycles. The van der Waals surface area contributed by atoms with Gasteiger partial charge in [-0.2, -0.15) is 10.2 Å². The Bertz CT molecular complexity index is 526. The molecule has 0 bridgehead atoms. The van der Waals surface area contributed by atoms with E-state index < -0.39 is 0 Å². The zero-order valence-electron chi connectivity index (χ0n) is 9.42. The van der Waals surface area contributed by atoms with Crippen LogP contribution >= 0.6 is 0 Å². The Morgan fingerprint density at radius 3 is 2.76 bits per heavy atom.